The molecule has 2 aromatic carbocycles. The number of hydrogen-bond acceptors (Lipinski definition) is 6. The van der Waals surface area contributed by atoms with Crippen LogP contribution < -0.4 is 20.1 Å². The van der Waals surface area contributed by atoms with Gasteiger partial charge in [-0.15, -0.1) is 0 Å². The summed E-state index contributed by atoms with van der Waals surface area (Å²) in [7, 11) is 0. The van der Waals surface area contributed by atoms with Gasteiger partial charge in [-0.25, -0.2) is 0 Å². The first kappa shape index (κ1) is 20.8. The van der Waals surface area contributed by atoms with E-state index in [1.54, 1.807) is 42.5 Å². The highest BCUT2D eigenvalue weighted by Crippen LogP contribution is 2.33. The molecule has 3 aliphatic rings. The van der Waals surface area contributed by atoms with Crippen LogP contribution in [-0.2, 0) is 9.59 Å². The van der Waals surface area contributed by atoms with Gasteiger partial charge in [0.05, 0.1) is 6.54 Å². The quantitative estimate of drug-likeness (QED) is 0.740. The van der Waals surface area contributed by atoms with Crippen molar-refractivity contribution in [3.05, 3.63) is 53.1 Å². The van der Waals surface area contributed by atoms with Crippen LogP contribution in [-0.4, -0.2) is 60.9 Å². The zero-order valence-electron chi connectivity index (χ0n) is 17.4. The number of ether oxygens (including phenoxy) is 2. The van der Waals surface area contributed by atoms with Crippen LogP contribution >= 0.6 is 11.6 Å². The van der Waals surface area contributed by atoms with Gasteiger partial charge in [0.2, 0.25) is 5.91 Å². The van der Waals surface area contributed by atoms with E-state index in [4.69, 9.17) is 26.1 Å². The van der Waals surface area contributed by atoms with Crippen LogP contribution in [0, 0.1) is 0 Å². The van der Waals surface area contributed by atoms with Crippen molar-refractivity contribution in [1.82, 2.24) is 10.2 Å². The second-order valence-electron chi connectivity index (χ2n) is 8.14. The Bertz CT molecular complexity index is 1080. The summed E-state index contributed by atoms with van der Waals surface area (Å²) < 4.78 is 11.1. The second-order valence-corrected chi connectivity index (χ2v) is 8.57. The van der Waals surface area contributed by atoms with E-state index in [9.17, 15) is 9.59 Å². The molecule has 2 aromatic rings. The van der Waals surface area contributed by atoms with Gasteiger partial charge in [0, 0.05) is 48.3 Å². The molecule has 1 fully saturated rings. The Morgan fingerprint density at radius 1 is 1.09 bits per heavy atom. The molecule has 166 valence electrons. The predicted octanol–water partition coefficient (Wildman–Crippen LogP) is 2.46. The molecule has 0 atom stereocenters. The van der Waals surface area contributed by atoms with Gasteiger partial charge in [-0.05, 0) is 24.3 Å². The number of carbonyl (C=O) groups is 2. The molecular formula is C23H23ClN4O4. The summed E-state index contributed by atoms with van der Waals surface area (Å²) in [5.41, 5.74) is 1.26. The molecule has 5 rings (SSSR count). The van der Waals surface area contributed by atoms with E-state index in [0.717, 1.165) is 5.56 Å². The number of benzene rings is 2. The molecule has 1 spiro atoms. The maximum atomic E-state index is 12.5. The topological polar surface area (TPSA) is 92.3 Å². The molecule has 1 saturated heterocycles. The lowest BCUT2D eigenvalue weighted by Crippen LogP contribution is -2.52. The standard InChI is InChI=1S/C23H23ClN4O4/c24-16-3-1-15(2-4-16)21-22(30)27-23(26-21)7-9-28(10-8-23)14-20(29)25-17-5-6-18-19(13-17)32-12-11-31-18/h1-6,13H,7-12,14H2,(H,25,29)(H,27,30). The zero-order chi connectivity index (χ0) is 22.1. The predicted molar refractivity (Wildman–Crippen MR) is 121 cm³/mol. The molecule has 3 heterocycles. The Hall–Kier alpha value is -3.10. The number of rotatable bonds is 4. The lowest BCUT2D eigenvalue weighted by Gasteiger charge is -2.36. The molecule has 32 heavy (non-hydrogen) atoms. The Morgan fingerprint density at radius 3 is 2.56 bits per heavy atom. The number of nitrogens with one attached hydrogen (secondary N) is 2. The molecule has 0 saturated carbocycles. The minimum absolute atomic E-state index is 0.0987. The highest BCUT2D eigenvalue weighted by atomic mass is 35.5. The van der Waals surface area contributed by atoms with Gasteiger partial charge in [-0.3, -0.25) is 19.5 Å². The molecule has 8 nitrogen and oxygen atoms in total. The van der Waals surface area contributed by atoms with Crippen molar-refractivity contribution in [3.8, 4) is 11.5 Å². The number of likely N-dealkylation sites (tertiary alicyclic amines) is 1. The van der Waals surface area contributed by atoms with Gasteiger partial charge in [-0.2, -0.15) is 0 Å². The number of carbonyl (C=O) groups excluding carboxylic acids is 2. The van der Waals surface area contributed by atoms with Crippen molar-refractivity contribution >= 4 is 34.8 Å². The van der Waals surface area contributed by atoms with Crippen molar-refractivity contribution in [2.45, 2.75) is 18.5 Å². The highest BCUT2D eigenvalue weighted by Gasteiger charge is 2.42. The molecule has 0 aromatic heterocycles. The van der Waals surface area contributed by atoms with Crippen LogP contribution in [0.15, 0.2) is 47.5 Å². The number of hydrogen-bond donors (Lipinski definition) is 2. The van der Waals surface area contributed by atoms with Crippen molar-refractivity contribution in [1.29, 1.82) is 0 Å². The Balaban J connectivity index is 1.17. The molecule has 2 amide bonds. The number of anilines is 1. The maximum absolute atomic E-state index is 12.5. The van der Waals surface area contributed by atoms with Crippen LogP contribution in [0.3, 0.4) is 0 Å². The molecule has 0 bridgehead atoms. The summed E-state index contributed by atoms with van der Waals surface area (Å²) in [6, 6.07) is 12.5. The molecule has 0 unspecified atom stereocenters. The average molecular weight is 455 g/mol. The number of aliphatic imine (C=N–C) groups is 1. The van der Waals surface area contributed by atoms with Crippen molar-refractivity contribution < 1.29 is 19.1 Å². The number of amides is 2. The first-order chi connectivity index (χ1) is 15.5. The third-order valence-electron chi connectivity index (χ3n) is 5.88. The number of halogens is 1. The summed E-state index contributed by atoms with van der Waals surface area (Å²) in [6.45, 7) is 2.62. The number of nitrogens with zero attached hydrogens (tertiary/aromatic N) is 2. The van der Waals surface area contributed by atoms with E-state index < -0.39 is 5.66 Å². The molecule has 0 aliphatic carbocycles. The zero-order valence-corrected chi connectivity index (χ0v) is 18.2. The summed E-state index contributed by atoms with van der Waals surface area (Å²) in [5.74, 6) is 1.06. The minimum atomic E-state index is -0.602. The van der Waals surface area contributed by atoms with Gasteiger partial charge >= 0.3 is 0 Å². The largest absolute Gasteiger partial charge is 0.486 e. The van der Waals surface area contributed by atoms with E-state index in [1.165, 1.54) is 0 Å². The SMILES string of the molecule is O=C(CN1CCC2(CC1)N=C(c1ccc(Cl)cc1)C(=O)N2)Nc1ccc2c(c1)OCCO2. The highest BCUT2D eigenvalue weighted by molar-refractivity contribution is 6.47. The normalized spacial score (nSPS) is 19.4. The molecule has 9 heteroatoms. The van der Waals surface area contributed by atoms with Gasteiger partial charge in [0.15, 0.2) is 11.5 Å². The molecular weight excluding hydrogens is 432 g/mol. The van der Waals surface area contributed by atoms with Gasteiger partial charge in [-0.1, -0.05) is 23.7 Å². The summed E-state index contributed by atoms with van der Waals surface area (Å²) >= 11 is 5.95. The van der Waals surface area contributed by atoms with E-state index >= 15 is 0 Å². The molecule has 3 aliphatic heterocycles. The lowest BCUT2D eigenvalue weighted by atomic mass is 9.98. The minimum Gasteiger partial charge on any atom is -0.486 e. The third-order valence-corrected chi connectivity index (χ3v) is 6.13. The van der Waals surface area contributed by atoms with Crippen LogP contribution in [0.1, 0.15) is 18.4 Å². The molecule has 2 N–H and O–H groups in total. The fourth-order valence-electron chi connectivity index (χ4n) is 4.21. The molecule has 0 radical (unpaired) electrons. The van der Waals surface area contributed by atoms with Crippen LogP contribution in [0.25, 0.3) is 0 Å². The Morgan fingerprint density at radius 2 is 1.81 bits per heavy atom. The van der Waals surface area contributed by atoms with E-state index in [1.807, 2.05) is 0 Å². The first-order valence-electron chi connectivity index (χ1n) is 10.6. The van der Waals surface area contributed by atoms with Gasteiger partial charge < -0.3 is 20.1 Å². The van der Waals surface area contributed by atoms with Crippen molar-refractivity contribution in [3.63, 3.8) is 0 Å². The Labute approximate surface area is 190 Å². The lowest BCUT2D eigenvalue weighted by molar-refractivity contribution is -0.119. The van der Waals surface area contributed by atoms with Crippen LogP contribution in [0.2, 0.25) is 5.02 Å². The van der Waals surface area contributed by atoms with E-state index in [0.29, 0.717) is 67.1 Å². The fourth-order valence-corrected chi connectivity index (χ4v) is 4.34. The van der Waals surface area contributed by atoms with Crippen LogP contribution in [0.5, 0.6) is 11.5 Å². The monoisotopic (exact) mass is 454 g/mol. The van der Waals surface area contributed by atoms with E-state index in [2.05, 4.69) is 15.5 Å². The van der Waals surface area contributed by atoms with Crippen LogP contribution in [0.4, 0.5) is 5.69 Å². The number of fused-ring (bicyclic) bond motifs is 1. The average Bonchev–Trinajstić information content (AvgIpc) is 3.11. The Kier molecular flexibility index (Phi) is 5.48. The third kappa shape index (κ3) is 4.28. The number of piperidine rings is 1. The smallest absolute Gasteiger partial charge is 0.272 e. The van der Waals surface area contributed by atoms with Gasteiger partial charge in [0.1, 0.15) is 24.6 Å². The summed E-state index contributed by atoms with van der Waals surface area (Å²) in [5, 5.41) is 6.58. The van der Waals surface area contributed by atoms with Crippen molar-refractivity contribution in [2.24, 2.45) is 4.99 Å². The maximum Gasteiger partial charge on any atom is 0.272 e. The first-order valence-corrected chi connectivity index (χ1v) is 11.0. The summed E-state index contributed by atoms with van der Waals surface area (Å²) in [6.07, 6.45) is 1.29. The summed E-state index contributed by atoms with van der Waals surface area (Å²) in [4.78, 5) is 31.9. The van der Waals surface area contributed by atoms with E-state index in [-0.39, 0.29) is 18.4 Å². The van der Waals surface area contributed by atoms with Gasteiger partial charge in [0.25, 0.3) is 5.91 Å². The van der Waals surface area contributed by atoms with Crippen molar-refractivity contribution in [2.75, 3.05) is 38.2 Å². The fraction of sp³-hybridized carbons (Fsp3) is 0.348. The second kappa shape index (κ2) is 8.44.